The summed E-state index contributed by atoms with van der Waals surface area (Å²) in [5, 5.41) is 3.25. The lowest BCUT2D eigenvalue weighted by atomic mass is 9.87. The van der Waals surface area contributed by atoms with Crippen molar-refractivity contribution in [3.05, 3.63) is 65.5 Å². The summed E-state index contributed by atoms with van der Waals surface area (Å²) in [4.78, 5) is 11.6. The third-order valence-electron chi connectivity index (χ3n) is 4.48. The molecule has 0 aliphatic carbocycles. The van der Waals surface area contributed by atoms with Crippen molar-refractivity contribution in [1.82, 2.24) is 5.32 Å². The Balaban J connectivity index is 1.81. The van der Waals surface area contributed by atoms with Crippen LogP contribution in [0.15, 0.2) is 48.5 Å². The quantitative estimate of drug-likeness (QED) is 0.668. The highest BCUT2D eigenvalue weighted by Crippen LogP contribution is 2.31. The average molecular weight is 328 g/mol. The van der Waals surface area contributed by atoms with E-state index in [1.807, 2.05) is 37.3 Å². The Morgan fingerprint density at radius 3 is 2.79 bits per heavy atom. The van der Waals surface area contributed by atoms with E-state index in [0.717, 1.165) is 11.8 Å². The molecule has 1 fully saturated rings. The molecule has 2 aromatic rings. The zero-order chi connectivity index (χ0) is 17.2. The Kier molecular flexibility index (Phi) is 4.64. The molecule has 4 nitrogen and oxygen atoms in total. The van der Waals surface area contributed by atoms with E-state index in [1.165, 1.54) is 12.1 Å². The minimum absolute atomic E-state index is 0.259. The van der Waals surface area contributed by atoms with Gasteiger partial charge < -0.3 is 15.3 Å². The number of nitrogens with two attached hydrogens (primary N) is 1. The maximum absolute atomic E-state index is 14.2. The number of halogens is 1. The number of ether oxygens (including phenoxy) is 1. The van der Waals surface area contributed by atoms with Crippen LogP contribution >= 0.6 is 0 Å². The summed E-state index contributed by atoms with van der Waals surface area (Å²) in [7, 11) is 0. The molecule has 0 amide bonds. The van der Waals surface area contributed by atoms with Gasteiger partial charge in [-0.2, -0.15) is 0 Å². The van der Waals surface area contributed by atoms with E-state index in [0.29, 0.717) is 17.7 Å². The lowest BCUT2D eigenvalue weighted by Gasteiger charge is -2.42. The van der Waals surface area contributed by atoms with Gasteiger partial charge in [0.05, 0.1) is 24.3 Å². The molecule has 2 aromatic carbocycles. The first-order valence-electron chi connectivity index (χ1n) is 7.96. The highest BCUT2D eigenvalue weighted by molar-refractivity contribution is 5.60. The molecule has 1 heterocycles. The van der Waals surface area contributed by atoms with Gasteiger partial charge in [0.2, 0.25) is 0 Å². The molecule has 1 saturated heterocycles. The van der Waals surface area contributed by atoms with Gasteiger partial charge in [0.15, 0.2) is 0 Å². The van der Waals surface area contributed by atoms with Crippen LogP contribution in [0.4, 0.5) is 10.1 Å². The maximum Gasteiger partial charge on any atom is 0.139 e. The number of aldehydes is 1. The van der Waals surface area contributed by atoms with Gasteiger partial charge in [-0.3, -0.25) is 5.32 Å². The van der Waals surface area contributed by atoms with Crippen LogP contribution in [-0.2, 0) is 21.5 Å². The van der Waals surface area contributed by atoms with Crippen molar-refractivity contribution in [3.8, 4) is 0 Å². The predicted molar refractivity (Wildman–Crippen MR) is 91.0 cm³/mol. The van der Waals surface area contributed by atoms with E-state index in [1.54, 1.807) is 6.07 Å². The SMILES string of the molecule is CC1(c2cc(N)ccc2F)COC(Cc2ccccc2)C(C=O)N1. The molecule has 0 aromatic heterocycles. The van der Waals surface area contributed by atoms with E-state index in [2.05, 4.69) is 5.32 Å². The molecular formula is C19H21FN2O2. The zero-order valence-corrected chi connectivity index (χ0v) is 13.5. The lowest BCUT2D eigenvalue weighted by Crippen LogP contribution is -2.60. The summed E-state index contributed by atoms with van der Waals surface area (Å²) in [5.41, 5.74) is 6.96. The number of hydrogen-bond donors (Lipinski definition) is 2. The molecule has 0 saturated carbocycles. The second-order valence-corrected chi connectivity index (χ2v) is 6.42. The van der Waals surface area contributed by atoms with Crippen molar-refractivity contribution in [2.45, 2.75) is 31.0 Å². The number of anilines is 1. The molecule has 1 aliphatic rings. The van der Waals surface area contributed by atoms with E-state index in [-0.39, 0.29) is 18.5 Å². The molecule has 24 heavy (non-hydrogen) atoms. The number of benzene rings is 2. The number of nitrogens with one attached hydrogen (secondary N) is 1. The van der Waals surface area contributed by atoms with Crippen LogP contribution in [0.3, 0.4) is 0 Å². The summed E-state index contributed by atoms with van der Waals surface area (Å²) in [6.45, 7) is 2.08. The molecule has 3 N–H and O–H groups in total. The molecular weight excluding hydrogens is 307 g/mol. The minimum Gasteiger partial charge on any atom is -0.399 e. The third-order valence-corrected chi connectivity index (χ3v) is 4.48. The Hall–Kier alpha value is -2.24. The predicted octanol–water partition coefficient (Wildman–Crippen LogP) is 2.42. The van der Waals surface area contributed by atoms with Crippen LogP contribution in [0.5, 0.6) is 0 Å². The van der Waals surface area contributed by atoms with Gasteiger partial charge in [0, 0.05) is 17.7 Å². The first-order chi connectivity index (χ1) is 11.5. The molecule has 1 aliphatic heterocycles. The molecule has 3 unspecified atom stereocenters. The Bertz CT molecular complexity index is 723. The molecule has 126 valence electrons. The largest absolute Gasteiger partial charge is 0.399 e. The van der Waals surface area contributed by atoms with Gasteiger partial charge in [-0.1, -0.05) is 30.3 Å². The smallest absolute Gasteiger partial charge is 0.139 e. The molecule has 3 rings (SSSR count). The first kappa shape index (κ1) is 16.6. The number of carbonyl (C=O) groups excluding carboxylic acids is 1. The van der Waals surface area contributed by atoms with E-state index >= 15 is 0 Å². The van der Waals surface area contributed by atoms with Gasteiger partial charge in [0.25, 0.3) is 0 Å². The zero-order valence-electron chi connectivity index (χ0n) is 13.5. The average Bonchev–Trinajstić information content (AvgIpc) is 2.59. The topological polar surface area (TPSA) is 64.3 Å². The van der Waals surface area contributed by atoms with Crippen molar-refractivity contribution < 1.29 is 13.9 Å². The van der Waals surface area contributed by atoms with Gasteiger partial charge in [-0.15, -0.1) is 0 Å². The molecule has 5 heteroatoms. The number of nitrogen functional groups attached to an aromatic ring is 1. The Morgan fingerprint density at radius 1 is 1.33 bits per heavy atom. The summed E-state index contributed by atoms with van der Waals surface area (Å²) in [6, 6.07) is 13.8. The molecule has 0 bridgehead atoms. The van der Waals surface area contributed by atoms with Crippen LogP contribution in [0, 0.1) is 5.82 Å². The van der Waals surface area contributed by atoms with Crippen molar-refractivity contribution in [2.75, 3.05) is 12.3 Å². The molecule has 3 atom stereocenters. The van der Waals surface area contributed by atoms with Crippen LogP contribution in [-0.4, -0.2) is 25.0 Å². The molecule has 0 radical (unpaired) electrons. The van der Waals surface area contributed by atoms with Gasteiger partial charge in [-0.25, -0.2) is 4.39 Å². The summed E-state index contributed by atoms with van der Waals surface area (Å²) >= 11 is 0. The highest BCUT2D eigenvalue weighted by Gasteiger charge is 2.40. The number of rotatable bonds is 4. The van der Waals surface area contributed by atoms with Crippen molar-refractivity contribution in [2.24, 2.45) is 0 Å². The number of carbonyl (C=O) groups is 1. The number of hydrogen-bond acceptors (Lipinski definition) is 4. The summed E-state index contributed by atoms with van der Waals surface area (Å²) < 4.78 is 20.2. The standard InChI is InChI=1S/C19H21FN2O2/c1-19(15-10-14(21)7-8-16(15)20)12-24-18(17(11-23)22-19)9-13-5-3-2-4-6-13/h2-8,10-11,17-18,22H,9,12,21H2,1H3. The second kappa shape index (κ2) is 6.71. The highest BCUT2D eigenvalue weighted by atomic mass is 19.1. The fourth-order valence-corrected chi connectivity index (χ4v) is 3.16. The van der Waals surface area contributed by atoms with Crippen molar-refractivity contribution in [1.29, 1.82) is 0 Å². The fraction of sp³-hybridized carbons (Fsp3) is 0.316. The van der Waals surface area contributed by atoms with Gasteiger partial charge in [0.1, 0.15) is 12.1 Å². The minimum atomic E-state index is -0.807. The van der Waals surface area contributed by atoms with Crippen molar-refractivity contribution >= 4 is 12.0 Å². The van der Waals surface area contributed by atoms with Crippen LogP contribution in [0.25, 0.3) is 0 Å². The maximum atomic E-state index is 14.2. The second-order valence-electron chi connectivity index (χ2n) is 6.42. The Morgan fingerprint density at radius 2 is 2.08 bits per heavy atom. The van der Waals surface area contributed by atoms with Crippen LogP contribution in [0.1, 0.15) is 18.1 Å². The van der Waals surface area contributed by atoms with Gasteiger partial charge >= 0.3 is 0 Å². The lowest BCUT2D eigenvalue weighted by molar-refractivity contribution is -0.121. The van der Waals surface area contributed by atoms with E-state index < -0.39 is 11.6 Å². The van der Waals surface area contributed by atoms with E-state index in [9.17, 15) is 9.18 Å². The normalized spacial score (nSPS) is 26.9. The van der Waals surface area contributed by atoms with Crippen LogP contribution in [0.2, 0.25) is 0 Å². The van der Waals surface area contributed by atoms with Crippen molar-refractivity contribution in [3.63, 3.8) is 0 Å². The van der Waals surface area contributed by atoms with E-state index in [4.69, 9.17) is 10.5 Å². The summed E-state index contributed by atoms with van der Waals surface area (Å²) in [6.07, 6.45) is 1.16. The Labute approximate surface area is 140 Å². The third kappa shape index (κ3) is 3.32. The summed E-state index contributed by atoms with van der Waals surface area (Å²) in [5.74, 6) is -0.367. The van der Waals surface area contributed by atoms with Crippen LogP contribution < -0.4 is 11.1 Å². The molecule has 0 spiro atoms. The number of morpholine rings is 1. The monoisotopic (exact) mass is 328 g/mol. The first-order valence-corrected chi connectivity index (χ1v) is 7.96. The fourth-order valence-electron chi connectivity index (χ4n) is 3.16. The van der Waals surface area contributed by atoms with Gasteiger partial charge in [-0.05, 0) is 30.7 Å².